The van der Waals surface area contributed by atoms with Crippen LogP contribution in [-0.2, 0) is 45.4 Å². The largest absolute Gasteiger partial charge is 1.00 e. The molecule has 4 aromatic carbocycles. The van der Waals surface area contributed by atoms with Gasteiger partial charge in [0.25, 0.3) is 5.91 Å². The van der Waals surface area contributed by atoms with Crippen LogP contribution in [0.4, 0.5) is 11.4 Å². The Morgan fingerprint density at radius 1 is 0.750 bits per heavy atom. The summed E-state index contributed by atoms with van der Waals surface area (Å²) in [6.45, 7) is 10.0. The smallest absolute Gasteiger partial charge is 0.748 e. The summed E-state index contributed by atoms with van der Waals surface area (Å²) in [4.78, 5) is 40.1. The van der Waals surface area contributed by atoms with Crippen molar-refractivity contribution in [2.45, 2.75) is 88.7 Å². The number of fused-ring (bicyclic) bond motifs is 6. The van der Waals surface area contributed by atoms with E-state index >= 15 is 0 Å². The second kappa shape index (κ2) is 19.5. The predicted molar refractivity (Wildman–Crippen MR) is 244 cm³/mol. The van der Waals surface area contributed by atoms with Crippen LogP contribution in [-0.4, -0.2) is 82.9 Å². The Labute approximate surface area is 397 Å². The van der Waals surface area contributed by atoms with Crippen LogP contribution in [0.5, 0.6) is 0 Å². The number of nitrogens with zero attached hydrogens (tertiary/aromatic N) is 3. The van der Waals surface area contributed by atoms with Crippen molar-refractivity contribution in [2.75, 3.05) is 23.7 Å². The van der Waals surface area contributed by atoms with Crippen molar-refractivity contribution in [2.24, 2.45) is 0 Å². The molecule has 64 heavy (non-hydrogen) atoms. The third kappa shape index (κ3) is 9.98. The number of allylic oxidation sites excluding steroid dienone is 8. The fraction of sp³-hybridized carbons (Fsp3) is 0.347. The first-order valence-electron chi connectivity index (χ1n) is 21.3. The first-order valence-corrected chi connectivity index (χ1v) is 24.3. The summed E-state index contributed by atoms with van der Waals surface area (Å²) >= 11 is 0. The third-order valence-electron chi connectivity index (χ3n) is 12.5. The molecule has 1 saturated heterocycles. The van der Waals surface area contributed by atoms with E-state index in [0.717, 1.165) is 33.6 Å². The van der Waals surface area contributed by atoms with Crippen molar-refractivity contribution in [3.05, 3.63) is 132 Å². The Bertz CT molecular complexity index is 2900. The molecule has 12 nitrogen and oxygen atoms in total. The minimum atomic E-state index is -5.05. The summed E-state index contributed by atoms with van der Waals surface area (Å²) in [5.74, 6) is -3.40. The van der Waals surface area contributed by atoms with Crippen molar-refractivity contribution >= 4 is 76.6 Å². The molecule has 3 heterocycles. The van der Waals surface area contributed by atoms with Gasteiger partial charge in [0.05, 0.1) is 22.0 Å². The van der Waals surface area contributed by atoms with Gasteiger partial charge in [-0.25, -0.2) is 21.7 Å². The van der Waals surface area contributed by atoms with Gasteiger partial charge in [-0.2, -0.15) is 4.58 Å². The van der Waals surface area contributed by atoms with Gasteiger partial charge >= 0.3 is 29.6 Å². The van der Waals surface area contributed by atoms with E-state index in [4.69, 9.17) is 0 Å². The van der Waals surface area contributed by atoms with Gasteiger partial charge in [-0.15, -0.1) is 0 Å². The maximum absolute atomic E-state index is 12.8. The maximum atomic E-state index is 12.8. The van der Waals surface area contributed by atoms with E-state index < -0.39 is 49.6 Å². The number of likely N-dealkylation sites (tertiary alicyclic amines) is 1. The molecule has 15 heteroatoms. The number of hydrogen-bond acceptors (Lipinski definition) is 10. The second-order valence-corrected chi connectivity index (χ2v) is 20.5. The molecule has 1 unspecified atom stereocenters. The van der Waals surface area contributed by atoms with Crippen molar-refractivity contribution in [3.8, 4) is 0 Å². The SMILES string of the molecule is CC1(C)C(/C=C/C=C/C=C/C=C2/N(CCCCS(=O)(=O)[O-])c3ccc4ccccc4c3C2(C)C)=[N+](CCCCCC(=O)N2C(=O)CC(S(=O)(=O)[O-])C2=O)c2ccc3ccccc3c21.[Na+]. The molecule has 0 saturated carbocycles. The molecule has 0 N–H and O–H groups in total. The van der Waals surface area contributed by atoms with Crippen LogP contribution >= 0.6 is 0 Å². The zero-order chi connectivity index (χ0) is 45.3. The van der Waals surface area contributed by atoms with Crippen molar-refractivity contribution < 1.29 is 74.5 Å². The van der Waals surface area contributed by atoms with Gasteiger partial charge in [-0.05, 0) is 84.8 Å². The molecule has 1 fully saturated rings. The normalized spacial score (nSPS) is 19.0. The van der Waals surface area contributed by atoms with Crippen LogP contribution in [0.2, 0.25) is 0 Å². The van der Waals surface area contributed by atoms with Crippen LogP contribution in [0.3, 0.4) is 0 Å². The number of benzene rings is 4. The molecule has 7 rings (SSSR count). The summed E-state index contributed by atoms with van der Waals surface area (Å²) in [6.07, 6.45) is 15.7. The van der Waals surface area contributed by atoms with E-state index in [1.54, 1.807) is 0 Å². The number of carbonyl (C=O) groups is 3. The molecule has 4 aromatic rings. The van der Waals surface area contributed by atoms with E-state index in [0.29, 0.717) is 43.7 Å². The summed E-state index contributed by atoms with van der Waals surface area (Å²) in [6, 6.07) is 25.1. The van der Waals surface area contributed by atoms with Gasteiger partial charge in [-0.3, -0.25) is 14.4 Å². The minimum Gasteiger partial charge on any atom is -0.748 e. The number of hydrogen-bond donors (Lipinski definition) is 0. The standard InChI is InChI=1S/C49H53N3O9S2.Na/c1-48(2)41(23-9-6-5-7-10-24-42-49(3,4)46-37-22-15-13-20-35(37)27-29-39(46)51(42)31-17-18-32-62(56,57)58)50(38-28-26-34-19-12-14-21-36(34)45(38)48)30-16-8-11-25-43(53)52-44(54)33-40(47(52)55)63(59,60)61;/h5-7,9-10,12-15,19-24,26-29,40H,8,11,16-18,25,30-33H2,1-4H3,(H-,56,57,58,59,60,61);/q;+1/p-1. The average molecular weight is 914 g/mol. The van der Waals surface area contributed by atoms with Crippen LogP contribution in [0.15, 0.2) is 121 Å². The van der Waals surface area contributed by atoms with Gasteiger partial charge in [0.1, 0.15) is 21.9 Å². The molecule has 3 aliphatic rings. The van der Waals surface area contributed by atoms with Crippen LogP contribution in [0, 0.1) is 0 Å². The Kier molecular flexibility index (Phi) is 14.9. The monoisotopic (exact) mass is 913 g/mol. The predicted octanol–water partition coefficient (Wildman–Crippen LogP) is 4.81. The Balaban J connectivity index is 0.00000680. The summed E-state index contributed by atoms with van der Waals surface area (Å²) in [5, 5.41) is 2.57. The van der Waals surface area contributed by atoms with E-state index in [1.165, 1.54) is 21.9 Å². The Morgan fingerprint density at radius 3 is 2.03 bits per heavy atom. The van der Waals surface area contributed by atoms with Gasteiger partial charge in [0.2, 0.25) is 17.5 Å². The van der Waals surface area contributed by atoms with Gasteiger partial charge < -0.3 is 14.0 Å². The molecule has 0 bridgehead atoms. The second-order valence-electron chi connectivity index (χ2n) is 17.4. The summed E-state index contributed by atoms with van der Waals surface area (Å²) < 4.78 is 70.5. The Morgan fingerprint density at radius 2 is 1.38 bits per heavy atom. The quantitative estimate of drug-likeness (QED) is 0.0379. The first-order chi connectivity index (χ1) is 29.8. The van der Waals surface area contributed by atoms with Crippen molar-refractivity contribution in [3.63, 3.8) is 0 Å². The van der Waals surface area contributed by atoms with Crippen LogP contribution < -0.4 is 34.5 Å². The van der Waals surface area contributed by atoms with E-state index in [9.17, 15) is 40.3 Å². The number of carbonyl (C=O) groups excluding carboxylic acids is 3. The number of rotatable bonds is 16. The topological polar surface area (TPSA) is 175 Å². The summed E-state index contributed by atoms with van der Waals surface area (Å²) in [7, 11) is -9.33. The molecule has 1 atom stereocenters. The molecular weight excluding hydrogens is 862 g/mol. The van der Waals surface area contributed by atoms with Gasteiger partial charge in [0.15, 0.2) is 5.71 Å². The number of imide groups is 3. The number of anilines is 1. The maximum Gasteiger partial charge on any atom is 1.00 e. The minimum absolute atomic E-state index is 0. The molecule has 330 valence electrons. The van der Waals surface area contributed by atoms with Crippen LogP contribution in [0.25, 0.3) is 21.5 Å². The fourth-order valence-corrected chi connectivity index (χ4v) is 10.8. The number of unbranched alkanes of at least 4 members (excludes halogenated alkanes) is 3. The number of amides is 3. The zero-order valence-corrected chi connectivity index (χ0v) is 40.6. The molecule has 0 aliphatic carbocycles. The molecule has 0 aromatic heterocycles. The van der Waals surface area contributed by atoms with Crippen LogP contribution in [0.1, 0.15) is 83.8 Å². The molecule has 3 aliphatic heterocycles. The van der Waals surface area contributed by atoms with Gasteiger partial charge in [-0.1, -0.05) is 98.8 Å². The third-order valence-corrected chi connectivity index (χ3v) is 14.3. The zero-order valence-electron chi connectivity index (χ0n) is 37.0. The molecule has 3 amide bonds. The average Bonchev–Trinajstić information content (AvgIpc) is 3.74. The Hall–Kier alpha value is -4.54. The van der Waals surface area contributed by atoms with E-state index in [2.05, 4.69) is 97.9 Å². The van der Waals surface area contributed by atoms with Crippen molar-refractivity contribution in [1.29, 1.82) is 0 Å². The first kappa shape index (κ1) is 48.9. The molecule has 0 spiro atoms. The van der Waals surface area contributed by atoms with Gasteiger partial charge in [0, 0.05) is 59.6 Å². The molecular formula is C49H52N3NaO9S2. The molecule has 0 radical (unpaired) electrons. The van der Waals surface area contributed by atoms with E-state index in [-0.39, 0.29) is 59.0 Å². The summed E-state index contributed by atoms with van der Waals surface area (Å²) in [5.41, 5.74) is 6.06. The van der Waals surface area contributed by atoms with E-state index in [1.807, 2.05) is 54.6 Å². The van der Waals surface area contributed by atoms with Crippen molar-refractivity contribution in [1.82, 2.24) is 4.90 Å². The fourth-order valence-electron chi connectivity index (χ4n) is 9.51.